The van der Waals surface area contributed by atoms with E-state index >= 15 is 0 Å². The number of esters is 1. The van der Waals surface area contributed by atoms with Crippen molar-refractivity contribution in [3.8, 4) is 0 Å². The van der Waals surface area contributed by atoms with Crippen LogP contribution in [0.2, 0.25) is 0 Å². The van der Waals surface area contributed by atoms with Crippen LogP contribution in [-0.4, -0.2) is 48.5 Å². The summed E-state index contributed by atoms with van der Waals surface area (Å²) in [5, 5.41) is 0. The van der Waals surface area contributed by atoms with Gasteiger partial charge in [-0.3, -0.25) is 4.90 Å². The predicted molar refractivity (Wildman–Crippen MR) is 89.1 cm³/mol. The van der Waals surface area contributed by atoms with Crippen molar-refractivity contribution in [3.63, 3.8) is 0 Å². The molecule has 0 saturated heterocycles. The summed E-state index contributed by atoms with van der Waals surface area (Å²) in [4.78, 5) is 26.5. The van der Waals surface area contributed by atoms with Crippen LogP contribution >= 0.6 is 0 Å². The van der Waals surface area contributed by atoms with Gasteiger partial charge in [0.2, 0.25) is 0 Å². The molecule has 0 N–H and O–H groups in total. The number of ether oxygens (including phenoxy) is 3. The van der Waals surface area contributed by atoms with Gasteiger partial charge >= 0.3 is 12.1 Å². The lowest BCUT2D eigenvalue weighted by atomic mass is 9.89. The molecule has 0 bridgehead atoms. The molecule has 0 aliphatic carbocycles. The second-order valence-corrected chi connectivity index (χ2v) is 7.33. The van der Waals surface area contributed by atoms with E-state index in [1.165, 1.54) is 12.0 Å². The van der Waals surface area contributed by atoms with E-state index in [1.54, 1.807) is 27.7 Å². The summed E-state index contributed by atoms with van der Waals surface area (Å²) in [6, 6.07) is 0. The first-order chi connectivity index (χ1) is 10.5. The highest BCUT2D eigenvalue weighted by atomic mass is 16.6. The maximum Gasteiger partial charge on any atom is 0.413 e. The molecular weight excluding hydrogens is 298 g/mol. The quantitative estimate of drug-likeness (QED) is 0.502. The van der Waals surface area contributed by atoms with Crippen LogP contribution in [0, 0.1) is 5.92 Å². The molecule has 0 unspecified atom stereocenters. The average molecular weight is 331 g/mol. The second-order valence-electron chi connectivity index (χ2n) is 7.33. The van der Waals surface area contributed by atoms with Crippen molar-refractivity contribution in [1.29, 1.82) is 0 Å². The first-order valence-corrected chi connectivity index (χ1v) is 8.14. The van der Waals surface area contributed by atoms with Crippen molar-refractivity contribution in [2.75, 3.05) is 20.4 Å². The van der Waals surface area contributed by atoms with Gasteiger partial charge in [-0.05, 0) is 46.5 Å². The molecule has 136 valence electrons. The third kappa shape index (κ3) is 7.20. The highest BCUT2D eigenvalue weighted by Gasteiger charge is 2.45. The molecule has 0 heterocycles. The topological polar surface area (TPSA) is 65.1 Å². The minimum absolute atomic E-state index is 0.0423. The Morgan fingerprint density at radius 1 is 1.13 bits per heavy atom. The van der Waals surface area contributed by atoms with Gasteiger partial charge in [-0.1, -0.05) is 20.8 Å². The molecule has 0 aliphatic rings. The van der Waals surface area contributed by atoms with Crippen LogP contribution in [0.15, 0.2) is 0 Å². The van der Waals surface area contributed by atoms with E-state index < -0.39 is 23.2 Å². The predicted octanol–water partition coefficient (Wildman–Crippen LogP) is 3.59. The highest BCUT2D eigenvalue weighted by molar-refractivity contribution is 5.85. The standard InChI is InChI=1S/C17H33NO5/c1-9-10-22-14(19)17(7,11-13(2)3)18(12-21-8)15(20)23-16(4,5)6/h13H,9-12H2,1-8H3/t17-/m0/s1. The Hall–Kier alpha value is -1.30. The van der Waals surface area contributed by atoms with Gasteiger partial charge < -0.3 is 14.2 Å². The fourth-order valence-electron chi connectivity index (χ4n) is 2.29. The largest absolute Gasteiger partial charge is 0.464 e. The third-order valence-corrected chi connectivity index (χ3v) is 3.15. The van der Waals surface area contributed by atoms with Gasteiger partial charge in [0.1, 0.15) is 17.9 Å². The maximum atomic E-state index is 12.6. The van der Waals surface area contributed by atoms with Crippen LogP contribution in [0.4, 0.5) is 4.79 Å². The summed E-state index contributed by atoms with van der Waals surface area (Å²) in [6.07, 6.45) is 0.592. The third-order valence-electron chi connectivity index (χ3n) is 3.15. The number of hydrogen-bond acceptors (Lipinski definition) is 5. The van der Waals surface area contributed by atoms with Crippen LogP contribution in [0.1, 0.15) is 61.3 Å². The smallest absolute Gasteiger partial charge is 0.413 e. The van der Waals surface area contributed by atoms with E-state index in [2.05, 4.69) is 0 Å². The molecular formula is C17H33NO5. The number of amides is 1. The Morgan fingerprint density at radius 3 is 2.09 bits per heavy atom. The van der Waals surface area contributed by atoms with Crippen LogP contribution in [0.25, 0.3) is 0 Å². The van der Waals surface area contributed by atoms with Gasteiger partial charge in [-0.2, -0.15) is 0 Å². The summed E-state index contributed by atoms with van der Waals surface area (Å²) >= 11 is 0. The number of methoxy groups -OCH3 is 1. The molecule has 0 aromatic rings. The molecule has 0 radical (unpaired) electrons. The summed E-state index contributed by atoms with van der Waals surface area (Å²) in [5.74, 6) is -0.244. The molecule has 0 spiro atoms. The summed E-state index contributed by atoms with van der Waals surface area (Å²) in [7, 11) is 1.48. The molecule has 6 nitrogen and oxygen atoms in total. The second kappa shape index (κ2) is 9.11. The summed E-state index contributed by atoms with van der Waals surface area (Å²) in [5.41, 5.74) is -1.79. The van der Waals surface area contributed by atoms with Crippen molar-refractivity contribution < 1.29 is 23.8 Å². The van der Waals surface area contributed by atoms with Crippen molar-refractivity contribution in [2.45, 2.75) is 72.4 Å². The lowest BCUT2D eigenvalue weighted by molar-refractivity contribution is -0.161. The van der Waals surface area contributed by atoms with Gasteiger partial charge in [0, 0.05) is 7.11 Å². The Kier molecular flexibility index (Phi) is 8.59. The molecule has 0 rings (SSSR count). The van der Waals surface area contributed by atoms with E-state index in [-0.39, 0.29) is 12.6 Å². The molecule has 1 atom stereocenters. The zero-order valence-corrected chi connectivity index (χ0v) is 15.9. The van der Waals surface area contributed by atoms with E-state index in [4.69, 9.17) is 14.2 Å². The minimum atomic E-state index is -1.14. The number of rotatable bonds is 8. The van der Waals surface area contributed by atoms with Gasteiger partial charge in [-0.25, -0.2) is 9.59 Å². The molecule has 23 heavy (non-hydrogen) atoms. The summed E-state index contributed by atoms with van der Waals surface area (Å²) < 4.78 is 15.9. The highest BCUT2D eigenvalue weighted by Crippen LogP contribution is 2.28. The van der Waals surface area contributed by atoms with Gasteiger partial charge in [0.15, 0.2) is 0 Å². The normalized spacial score (nSPS) is 14.3. The zero-order chi connectivity index (χ0) is 18.3. The first kappa shape index (κ1) is 21.7. The Labute approximate surface area is 140 Å². The van der Waals surface area contributed by atoms with Gasteiger partial charge in [0.05, 0.1) is 6.61 Å². The SMILES string of the molecule is CCCOC(=O)[C@](C)(CC(C)C)N(COC)C(=O)OC(C)(C)C. The fourth-order valence-corrected chi connectivity index (χ4v) is 2.29. The Balaban J connectivity index is 5.55. The van der Waals surface area contributed by atoms with E-state index in [9.17, 15) is 9.59 Å². The van der Waals surface area contributed by atoms with Crippen LogP contribution < -0.4 is 0 Å². The fraction of sp³-hybridized carbons (Fsp3) is 0.882. The molecule has 1 amide bonds. The molecule has 0 aromatic heterocycles. The lowest BCUT2D eigenvalue weighted by Gasteiger charge is -2.40. The van der Waals surface area contributed by atoms with E-state index in [1.807, 2.05) is 20.8 Å². The molecule has 0 aliphatic heterocycles. The molecule has 0 aromatic carbocycles. The van der Waals surface area contributed by atoms with Crippen LogP contribution in [0.5, 0.6) is 0 Å². The number of nitrogens with zero attached hydrogens (tertiary/aromatic N) is 1. The number of carbonyl (C=O) groups is 2. The monoisotopic (exact) mass is 331 g/mol. The Bertz CT molecular complexity index is 389. The Morgan fingerprint density at radius 2 is 1.70 bits per heavy atom. The number of hydrogen-bond donors (Lipinski definition) is 0. The van der Waals surface area contributed by atoms with E-state index in [0.717, 1.165) is 6.42 Å². The molecule has 0 fully saturated rings. The van der Waals surface area contributed by atoms with Gasteiger partial charge in [-0.15, -0.1) is 0 Å². The van der Waals surface area contributed by atoms with Crippen molar-refractivity contribution in [3.05, 3.63) is 0 Å². The molecule has 0 saturated carbocycles. The zero-order valence-electron chi connectivity index (χ0n) is 15.9. The lowest BCUT2D eigenvalue weighted by Crippen LogP contribution is -2.58. The summed E-state index contributed by atoms with van der Waals surface area (Å²) in [6.45, 7) is 13.2. The number of carbonyl (C=O) groups excluding carboxylic acids is 2. The first-order valence-electron chi connectivity index (χ1n) is 8.14. The van der Waals surface area contributed by atoms with Crippen LogP contribution in [0.3, 0.4) is 0 Å². The maximum absolute atomic E-state index is 12.6. The minimum Gasteiger partial charge on any atom is -0.464 e. The van der Waals surface area contributed by atoms with Crippen molar-refractivity contribution in [2.24, 2.45) is 5.92 Å². The van der Waals surface area contributed by atoms with Gasteiger partial charge in [0.25, 0.3) is 0 Å². The van der Waals surface area contributed by atoms with Crippen LogP contribution in [-0.2, 0) is 19.0 Å². The molecule has 6 heteroatoms. The average Bonchev–Trinajstić information content (AvgIpc) is 2.38. The van der Waals surface area contributed by atoms with E-state index in [0.29, 0.717) is 13.0 Å². The van der Waals surface area contributed by atoms with Crippen molar-refractivity contribution in [1.82, 2.24) is 4.90 Å². The van der Waals surface area contributed by atoms with Crippen molar-refractivity contribution >= 4 is 12.1 Å².